The fourth-order valence-corrected chi connectivity index (χ4v) is 2.03. The van der Waals surface area contributed by atoms with Crippen LogP contribution in [0.3, 0.4) is 0 Å². The molecule has 0 spiro atoms. The van der Waals surface area contributed by atoms with Crippen molar-refractivity contribution in [1.29, 1.82) is 0 Å². The molecule has 0 bridgehead atoms. The van der Waals surface area contributed by atoms with E-state index in [1.807, 2.05) is 0 Å². The third-order valence-corrected chi connectivity index (χ3v) is 3.39. The number of carbonyl (C=O) groups is 2. The van der Waals surface area contributed by atoms with Crippen LogP contribution in [0.25, 0.3) is 6.08 Å². The van der Waals surface area contributed by atoms with E-state index < -0.39 is 0 Å². The SMILES string of the molecule is O=C(/C=C/c1ccc(O)cc1)NCCCNC(=O)c1ccc(O)cc1.[Ac]. The summed E-state index contributed by atoms with van der Waals surface area (Å²) in [6, 6.07) is 12.5. The predicted octanol–water partition coefficient (Wildman–Crippen LogP) is 2.05. The van der Waals surface area contributed by atoms with Gasteiger partial charge in [0.1, 0.15) is 11.5 Å². The Hall–Kier alpha value is -1.84. The zero-order valence-corrected chi connectivity index (χ0v) is 18.9. The molecule has 4 N–H and O–H groups in total. The molecular weight excluding hydrogens is 547 g/mol. The molecule has 6 nitrogen and oxygen atoms in total. The Balaban J connectivity index is 0.00000338. The molecular formula is C19H20AcN2O4. The Kier molecular flexibility index (Phi) is 10.0. The number of carbonyl (C=O) groups excluding carboxylic acids is 2. The van der Waals surface area contributed by atoms with Gasteiger partial charge in [-0.05, 0) is 54.5 Å². The minimum atomic E-state index is -0.224. The Bertz CT molecular complexity index is 743. The van der Waals surface area contributed by atoms with Crippen LogP contribution in [-0.4, -0.2) is 35.1 Å². The Morgan fingerprint density at radius 2 is 1.38 bits per heavy atom. The third kappa shape index (κ3) is 8.03. The monoisotopic (exact) mass is 567 g/mol. The van der Waals surface area contributed by atoms with E-state index in [1.165, 1.54) is 18.2 Å². The molecule has 0 saturated heterocycles. The van der Waals surface area contributed by atoms with Gasteiger partial charge in [-0.3, -0.25) is 9.59 Å². The van der Waals surface area contributed by atoms with Gasteiger partial charge in [-0.2, -0.15) is 0 Å². The van der Waals surface area contributed by atoms with E-state index in [2.05, 4.69) is 10.6 Å². The molecule has 0 heterocycles. The first-order chi connectivity index (χ1) is 12.0. The molecule has 0 aromatic heterocycles. The van der Waals surface area contributed by atoms with E-state index in [9.17, 15) is 19.8 Å². The van der Waals surface area contributed by atoms with Gasteiger partial charge in [0.15, 0.2) is 0 Å². The van der Waals surface area contributed by atoms with Crippen LogP contribution in [0.15, 0.2) is 54.6 Å². The standard InChI is InChI=1S/C19H20N2O4.Ac/c22-16-7-2-14(3-8-16)4-11-18(24)20-12-1-13-21-19(25)15-5-9-17(23)10-6-15;/h2-11,22-23H,1,12-13H2,(H,20,24)(H,21,25);/b11-4+;. The molecule has 26 heavy (non-hydrogen) atoms. The summed E-state index contributed by atoms with van der Waals surface area (Å²) >= 11 is 0. The van der Waals surface area contributed by atoms with Gasteiger partial charge in [-0.1, -0.05) is 12.1 Å². The summed E-state index contributed by atoms with van der Waals surface area (Å²) in [6.07, 6.45) is 3.67. The second kappa shape index (κ2) is 11.7. The predicted molar refractivity (Wildman–Crippen MR) is 95.2 cm³/mol. The number of hydrogen-bond donors (Lipinski definition) is 4. The number of phenols is 2. The van der Waals surface area contributed by atoms with Crippen LogP contribution in [0.1, 0.15) is 22.3 Å². The second-order valence-corrected chi connectivity index (χ2v) is 5.37. The van der Waals surface area contributed by atoms with Crippen molar-refractivity contribution in [1.82, 2.24) is 10.6 Å². The average Bonchev–Trinajstić information content (AvgIpc) is 2.61. The molecule has 0 saturated carbocycles. The maximum atomic E-state index is 11.8. The number of phenolic OH excluding ortho intramolecular Hbond substituents is 2. The van der Waals surface area contributed by atoms with Crippen LogP contribution in [0.2, 0.25) is 0 Å². The van der Waals surface area contributed by atoms with E-state index >= 15 is 0 Å². The van der Waals surface area contributed by atoms with Gasteiger partial charge in [-0.25, -0.2) is 0 Å². The van der Waals surface area contributed by atoms with Crippen molar-refractivity contribution < 1.29 is 63.9 Å². The van der Waals surface area contributed by atoms with Crippen molar-refractivity contribution in [2.45, 2.75) is 6.42 Å². The topological polar surface area (TPSA) is 98.7 Å². The minimum absolute atomic E-state index is 0. The van der Waals surface area contributed by atoms with E-state index in [4.69, 9.17) is 0 Å². The fraction of sp³-hybridized carbons (Fsp3) is 0.158. The second-order valence-electron chi connectivity index (χ2n) is 5.37. The first-order valence-electron chi connectivity index (χ1n) is 7.87. The van der Waals surface area contributed by atoms with Gasteiger partial charge >= 0.3 is 0 Å². The maximum Gasteiger partial charge on any atom is 0.251 e. The molecule has 0 unspecified atom stereocenters. The maximum absolute atomic E-state index is 11.8. The van der Waals surface area contributed by atoms with Gasteiger partial charge in [0.05, 0.1) is 0 Å². The third-order valence-electron chi connectivity index (χ3n) is 3.39. The van der Waals surface area contributed by atoms with Gasteiger partial charge in [0, 0.05) is 68.8 Å². The fourth-order valence-electron chi connectivity index (χ4n) is 2.03. The van der Waals surface area contributed by atoms with Gasteiger partial charge < -0.3 is 20.8 Å². The van der Waals surface area contributed by atoms with Crippen LogP contribution < -0.4 is 10.6 Å². The molecule has 2 rings (SSSR count). The Morgan fingerprint density at radius 1 is 0.846 bits per heavy atom. The zero-order chi connectivity index (χ0) is 18.1. The molecule has 0 aliphatic rings. The van der Waals surface area contributed by atoms with Crippen LogP contribution in [-0.2, 0) is 4.79 Å². The summed E-state index contributed by atoms with van der Waals surface area (Å²) in [5.74, 6) is -0.160. The number of rotatable bonds is 7. The van der Waals surface area contributed by atoms with Crippen molar-refractivity contribution in [3.8, 4) is 11.5 Å². The quantitative estimate of drug-likeness (QED) is 0.304. The molecule has 2 aromatic rings. The van der Waals surface area contributed by atoms with Gasteiger partial charge in [-0.15, -0.1) is 0 Å². The van der Waals surface area contributed by atoms with Crippen molar-refractivity contribution in [2.75, 3.05) is 13.1 Å². The number of hydrogen-bond acceptors (Lipinski definition) is 4. The summed E-state index contributed by atoms with van der Waals surface area (Å²) in [5, 5.41) is 23.8. The molecule has 0 atom stereocenters. The number of benzene rings is 2. The first kappa shape index (κ1) is 22.2. The van der Waals surface area contributed by atoms with Crippen molar-refractivity contribution >= 4 is 17.9 Å². The van der Waals surface area contributed by atoms with Crippen LogP contribution in [0.4, 0.5) is 0 Å². The first-order valence-corrected chi connectivity index (χ1v) is 7.87. The average molecular weight is 567 g/mol. The van der Waals surface area contributed by atoms with Gasteiger partial charge in [0.2, 0.25) is 5.91 Å². The summed E-state index contributed by atoms with van der Waals surface area (Å²) < 4.78 is 0. The van der Waals surface area contributed by atoms with E-state index in [0.717, 1.165) is 5.56 Å². The molecule has 133 valence electrons. The van der Waals surface area contributed by atoms with Gasteiger partial charge in [0.25, 0.3) is 5.91 Å². The Morgan fingerprint density at radius 3 is 2.00 bits per heavy atom. The molecule has 0 fully saturated rings. The van der Waals surface area contributed by atoms with E-state index in [-0.39, 0.29) is 67.4 Å². The summed E-state index contributed by atoms with van der Waals surface area (Å²) in [4.78, 5) is 23.5. The van der Waals surface area contributed by atoms with Crippen LogP contribution in [0.5, 0.6) is 11.5 Å². The smallest absolute Gasteiger partial charge is 0.251 e. The minimum Gasteiger partial charge on any atom is -0.508 e. The van der Waals surface area contributed by atoms with E-state index in [0.29, 0.717) is 25.1 Å². The summed E-state index contributed by atoms with van der Waals surface area (Å²) in [5.41, 5.74) is 1.28. The molecule has 0 aliphatic carbocycles. The molecule has 7 heteroatoms. The van der Waals surface area contributed by atoms with Crippen LogP contribution >= 0.6 is 0 Å². The molecule has 2 aromatic carbocycles. The largest absolute Gasteiger partial charge is 0.508 e. The molecule has 1 radical (unpaired) electrons. The number of aromatic hydroxyl groups is 2. The normalized spacial score (nSPS) is 10.2. The van der Waals surface area contributed by atoms with Crippen molar-refractivity contribution in [3.63, 3.8) is 0 Å². The summed E-state index contributed by atoms with van der Waals surface area (Å²) in [7, 11) is 0. The van der Waals surface area contributed by atoms with Crippen LogP contribution in [0, 0.1) is 44.1 Å². The number of nitrogens with one attached hydrogen (secondary N) is 2. The van der Waals surface area contributed by atoms with E-state index in [1.54, 1.807) is 42.5 Å². The number of amides is 2. The zero-order valence-electron chi connectivity index (χ0n) is 14.2. The molecule has 0 aliphatic heterocycles. The van der Waals surface area contributed by atoms with Crippen molar-refractivity contribution in [2.24, 2.45) is 0 Å². The molecule has 2 amide bonds. The van der Waals surface area contributed by atoms with Crippen molar-refractivity contribution in [3.05, 3.63) is 65.7 Å². The summed E-state index contributed by atoms with van der Waals surface area (Å²) in [6.45, 7) is 0.871. The Labute approximate surface area is 187 Å².